The first kappa shape index (κ1) is 36.1. The maximum Gasteiger partial charge on any atom is 0.355 e. The molecule has 0 saturated carbocycles. The third-order valence-corrected chi connectivity index (χ3v) is 9.06. The highest BCUT2D eigenvalue weighted by Crippen LogP contribution is 2.46. The first-order valence-electron chi connectivity index (χ1n) is 14.7. The Hall–Kier alpha value is -3.75. The van der Waals surface area contributed by atoms with E-state index in [9.17, 15) is 19.2 Å². The Morgan fingerprint density at radius 3 is 2.45 bits per heavy atom. The summed E-state index contributed by atoms with van der Waals surface area (Å²) in [5.41, 5.74) is -1.08. The second-order valence-electron chi connectivity index (χ2n) is 12.2. The lowest BCUT2D eigenvalue weighted by atomic mass is 9.89. The minimum absolute atomic E-state index is 0.0138. The zero-order valence-corrected chi connectivity index (χ0v) is 29.6. The quantitative estimate of drug-likeness (QED) is 0.0915. The molecule has 3 heterocycles. The van der Waals surface area contributed by atoms with Crippen molar-refractivity contribution in [3.05, 3.63) is 64.1 Å². The van der Waals surface area contributed by atoms with Gasteiger partial charge >= 0.3 is 11.9 Å². The third-order valence-electron chi connectivity index (χ3n) is 6.90. The van der Waals surface area contributed by atoms with Gasteiger partial charge in [0.05, 0.1) is 18.4 Å². The van der Waals surface area contributed by atoms with E-state index < -0.39 is 46.1 Å². The van der Waals surface area contributed by atoms with E-state index >= 15 is 0 Å². The zero-order chi connectivity index (χ0) is 34.5. The molecule has 1 unspecified atom stereocenters. The van der Waals surface area contributed by atoms with Crippen LogP contribution in [0.15, 0.2) is 52.8 Å². The van der Waals surface area contributed by atoms with Gasteiger partial charge in [-0.05, 0) is 76.3 Å². The number of Topliss-reactive ketones (excluding diaryl/α,β-unsaturated/α-hetero) is 1. The number of fused-ring (bicyclic) bond motifs is 1. The summed E-state index contributed by atoms with van der Waals surface area (Å²) in [5, 5.41) is 4.11. The van der Waals surface area contributed by atoms with Gasteiger partial charge in [-0.15, -0.1) is 23.4 Å². The fourth-order valence-corrected chi connectivity index (χ4v) is 6.48. The molecule has 1 aromatic carbocycles. The number of methoxy groups -OCH3 is 1. The molecular weight excluding hydrogens is 668 g/mol. The lowest BCUT2D eigenvalue weighted by molar-refractivity contribution is -0.179. The van der Waals surface area contributed by atoms with E-state index in [1.165, 1.54) is 30.5 Å². The van der Waals surface area contributed by atoms with Crippen LogP contribution in [-0.2, 0) is 40.1 Å². The van der Waals surface area contributed by atoms with Crippen molar-refractivity contribution in [2.45, 2.75) is 71.1 Å². The van der Waals surface area contributed by atoms with Gasteiger partial charge in [-0.3, -0.25) is 14.5 Å². The number of hydrogen-bond donors (Lipinski definition) is 0. The van der Waals surface area contributed by atoms with Crippen LogP contribution in [0.1, 0.15) is 57.4 Å². The van der Waals surface area contributed by atoms with Crippen molar-refractivity contribution in [3.8, 4) is 5.75 Å². The predicted molar refractivity (Wildman–Crippen MR) is 178 cm³/mol. The van der Waals surface area contributed by atoms with Gasteiger partial charge in [-0.2, -0.15) is 4.37 Å². The molecule has 0 spiro atoms. The monoisotopic (exact) mass is 704 g/mol. The molecule has 0 bridgehead atoms. The molecule has 0 N–H and O–H groups in total. The van der Waals surface area contributed by atoms with Crippen LogP contribution in [-0.4, -0.2) is 78.9 Å². The Morgan fingerprint density at radius 2 is 1.85 bits per heavy atom. The van der Waals surface area contributed by atoms with Crippen molar-refractivity contribution in [2.24, 2.45) is 11.1 Å². The predicted octanol–water partition coefficient (Wildman–Crippen LogP) is 4.98. The Labute approximate surface area is 286 Å². The van der Waals surface area contributed by atoms with Gasteiger partial charge in [0.15, 0.2) is 17.3 Å². The summed E-state index contributed by atoms with van der Waals surface area (Å²) in [6, 6.07) is 7.07. The number of hydrogen-bond acceptors (Lipinski definition) is 13. The fourth-order valence-electron chi connectivity index (χ4n) is 4.53. The molecule has 1 aromatic heterocycles. The molecule has 4 rings (SSSR count). The van der Waals surface area contributed by atoms with E-state index in [4.69, 9.17) is 30.6 Å². The molecule has 15 heteroatoms. The summed E-state index contributed by atoms with van der Waals surface area (Å²) in [4.78, 5) is 64.7. The number of ketones is 1. The summed E-state index contributed by atoms with van der Waals surface area (Å²) in [7, 11) is 1.56. The van der Waals surface area contributed by atoms with E-state index in [-0.39, 0.29) is 36.1 Å². The van der Waals surface area contributed by atoms with Crippen LogP contribution in [0.5, 0.6) is 5.75 Å². The molecule has 1 fully saturated rings. The van der Waals surface area contributed by atoms with Crippen molar-refractivity contribution in [1.82, 2.24) is 14.3 Å². The van der Waals surface area contributed by atoms with Crippen molar-refractivity contribution >= 4 is 64.2 Å². The zero-order valence-electron chi connectivity index (χ0n) is 27.2. The first-order chi connectivity index (χ1) is 22.1. The summed E-state index contributed by atoms with van der Waals surface area (Å²) >= 11 is 8.36. The van der Waals surface area contributed by atoms with E-state index in [0.717, 1.165) is 17.1 Å². The highest BCUT2D eigenvalue weighted by molar-refractivity contribution is 8.00. The molecular formula is C32H37ClN4O8S2. The van der Waals surface area contributed by atoms with Crippen LogP contribution in [0.2, 0.25) is 0 Å². The summed E-state index contributed by atoms with van der Waals surface area (Å²) in [5.74, 6) is -1.78. The minimum atomic E-state index is -1.54. The molecule has 12 nitrogen and oxygen atoms in total. The van der Waals surface area contributed by atoms with Gasteiger partial charge in [0, 0.05) is 18.1 Å². The number of esters is 2. The Kier molecular flexibility index (Phi) is 11.5. The Morgan fingerprint density at radius 1 is 1.15 bits per heavy atom. The van der Waals surface area contributed by atoms with Gasteiger partial charge in [-0.1, -0.05) is 29.4 Å². The number of nitrogens with zero attached hydrogens (tertiary/aromatic N) is 4. The standard InChI is InChI=1S/C32H37ClN4O8S2/c1-18-34-26(36-47-18)24(35-45-32(5,6)30(41)44-31(2,3)4)23(38)15-22-27(39)37-25(20(9-8-14-33)17-46-28(22)37)29(40)43-16-19-10-12-21(42-7)13-11-19/h8-13,22,28H,14-17H2,1-7H3/b9-8-,35-24+/t22-,28?/m1/s1. The smallest absolute Gasteiger partial charge is 0.355 e. The van der Waals surface area contributed by atoms with E-state index in [1.54, 1.807) is 71.2 Å². The van der Waals surface area contributed by atoms with Crippen LogP contribution in [0.4, 0.5) is 0 Å². The van der Waals surface area contributed by atoms with Gasteiger partial charge in [-0.25, -0.2) is 14.6 Å². The van der Waals surface area contributed by atoms with Gasteiger partial charge in [0.2, 0.25) is 11.5 Å². The molecule has 1 amide bonds. The highest BCUT2D eigenvalue weighted by Gasteiger charge is 2.54. The number of alkyl halides is 1. The number of allylic oxidation sites excluding steroid dienone is 2. The number of aryl methyl sites for hydroxylation is 1. The largest absolute Gasteiger partial charge is 0.497 e. The average Bonchev–Trinajstić information content (AvgIpc) is 3.45. The number of carbonyl (C=O) groups excluding carboxylic acids is 4. The molecule has 252 valence electrons. The second-order valence-corrected chi connectivity index (χ2v) is 14.5. The number of β-lactam (4-membered cyclic amide) rings is 1. The maximum atomic E-state index is 13.7. The van der Waals surface area contributed by atoms with Crippen LogP contribution < -0.4 is 4.74 Å². The molecule has 2 aromatic rings. The van der Waals surface area contributed by atoms with Crippen molar-refractivity contribution in [2.75, 3.05) is 18.7 Å². The summed E-state index contributed by atoms with van der Waals surface area (Å²) in [6.07, 6.45) is 3.14. The van der Waals surface area contributed by atoms with E-state index in [1.807, 2.05) is 0 Å². The number of rotatable bonds is 13. The molecule has 1 saturated heterocycles. The van der Waals surface area contributed by atoms with Crippen LogP contribution in [0, 0.1) is 12.8 Å². The Bertz CT molecular complexity index is 1610. The number of halogens is 1. The summed E-state index contributed by atoms with van der Waals surface area (Å²) in [6.45, 7) is 9.82. The van der Waals surface area contributed by atoms with Gasteiger partial charge in [0.25, 0.3) is 0 Å². The Balaban J connectivity index is 1.53. The number of ether oxygens (including phenoxy) is 3. The van der Waals surface area contributed by atoms with Crippen molar-refractivity contribution in [3.63, 3.8) is 0 Å². The fraction of sp³-hybridized carbons (Fsp3) is 0.469. The molecule has 2 atom stereocenters. The number of benzene rings is 1. The number of thioether (sulfide) groups is 1. The van der Waals surface area contributed by atoms with Gasteiger partial charge in [0.1, 0.15) is 28.7 Å². The molecule has 0 aliphatic carbocycles. The molecule has 47 heavy (non-hydrogen) atoms. The van der Waals surface area contributed by atoms with Crippen molar-refractivity contribution < 1.29 is 38.2 Å². The molecule has 2 aliphatic heterocycles. The third kappa shape index (κ3) is 8.79. The lowest BCUT2D eigenvalue weighted by Gasteiger charge is -2.49. The first-order valence-corrected chi connectivity index (χ1v) is 17.0. The topological polar surface area (TPSA) is 147 Å². The normalized spacial score (nSPS) is 18.5. The van der Waals surface area contributed by atoms with E-state index in [0.29, 0.717) is 22.1 Å². The maximum absolute atomic E-state index is 13.7. The average molecular weight is 705 g/mol. The SMILES string of the molecule is COc1ccc(COC(=O)C2=C(/C=C\CCl)CSC3[C@H](CC(=O)/C(=N\OC(C)(C)C(=O)OC(C)(C)C)c4nsc(C)n4)C(=O)N23)cc1. The molecule has 2 aliphatic rings. The van der Waals surface area contributed by atoms with Crippen LogP contribution in [0.25, 0.3) is 0 Å². The van der Waals surface area contributed by atoms with Crippen LogP contribution in [0.3, 0.4) is 0 Å². The van der Waals surface area contributed by atoms with Gasteiger partial charge < -0.3 is 19.0 Å². The molecule has 0 radical (unpaired) electrons. The van der Waals surface area contributed by atoms with Crippen molar-refractivity contribution in [1.29, 1.82) is 0 Å². The van der Waals surface area contributed by atoms with Crippen LogP contribution >= 0.6 is 34.9 Å². The minimum Gasteiger partial charge on any atom is -0.497 e. The number of oxime groups is 1. The second kappa shape index (κ2) is 15.0. The highest BCUT2D eigenvalue weighted by atomic mass is 35.5. The van der Waals surface area contributed by atoms with E-state index in [2.05, 4.69) is 14.5 Å². The summed E-state index contributed by atoms with van der Waals surface area (Å²) < 4.78 is 20.4. The number of carbonyl (C=O) groups is 4. The number of aromatic nitrogens is 2. The number of amides is 1. The lowest BCUT2D eigenvalue weighted by Crippen LogP contribution is -2.62.